The van der Waals surface area contributed by atoms with E-state index in [0.717, 1.165) is 0 Å². The van der Waals surface area contributed by atoms with Crippen LogP contribution in [0.3, 0.4) is 0 Å². The summed E-state index contributed by atoms with van der Waals surface area (Å²) in [6.45, 7) is 8.53. The van der Waals surface area contributed by atoms with Gasteiger partial charge in [-0.1, -0.05) is 12.8 Å². The molecular formula is C12H24N2. The highest BCUT2D eigenvalue weighted by Gasteiger charge is 2.35. The van der Waals surface area contributed by atoms with E-state index in [2.05, 4.69) is 24.1 Å². The normalized spacial score (nSPS) is 34.3. The van der Waals surface area contributed by atoms with Crippen molar-refractivity contribution < 1.29 is 0 Å². The molecule has 14 heavy (non-hydrogen) atoms. The molecule has 0 spiro atoms. The number of nitrogens with one attached hydrogen (secondary N) is 1. The zero-order chi connectivity index (χ0) is 10.0. The number of rotatable bonds is 1. The molecule has 2 fully saturated rings. The van der Waals surface area contributed by atoms with Gasteiger partial charge in [-0.25, -0.2) is 0 Å². The van der Waals surface area contributed by atoms with Gasteiger partial charge in [0.15, 0.2) is 0 Å². The van der Waals surface area contributed by atoms with E-state index in [1.165, 1.54) is 51.7 Å². The van der Waals surface area contributed by atoms with Gasteiger partial charge in [0.05, 0.1) is 0 Å². The highest BCUT2D eigenvalue weighted by Crippen LogP contribution is 2.35. The molecular weight excluding hydrogens is 172 g/mol. The Morgan fingerprint density at radius 3 is 2.64 bits per heavy atom. The van der Waals surface area contributed by atoms with E-state index >= 15 is 0 Å². The Hall–Kier alpha value is -0.0800. The zero-order valence-corrected chi connectivity index (χ0v) is 9.68. The number of nitrogens with zero attached hydrogens (tertiary/aromatic N) is 1. The molecule has 0 amide bonds. The van der Waals surface area contributed by atoms with E-state index in [4.69, 9.17) is 0 Å². The molecule has 1 heterocycles. The third kappa shape index (κ3) is 2.12. The maximum atomic E-state index is 3.57. The SMILES string of the molecule is CC1CN(C2(C)CCCC2)CCCN1. The van der Waals surface area contributed by atoms with E-state index in [0.29, 0.717) is 11.6 Å². The number of hydrogen-bond donors (Lipinski definition) is 1. The van der Waals surface area contributed by atoms with Gasteiger partial charge >= 0.3 is 0 Å². The Balaban J connectivity index is 2.00. The average molecular weight is 196 g/mol. The van der Waals surface area contributed by atoms with Gasteiger partial charge in [-0.05, 0) is 46.2 Å². The first kappa shape index (κ1) is 10.4. The molecule has 82 valence electrons. The van der Waals surface area contributed by atoms with Crippen LogP contribution in [0.2, 0.25) is 0 Å². The Kier molecular flexibility index (Phi) is 3.13. The summed E-state index contributed by atoms with van der Waals surface area (Å²) in [4.78, 5) is 2.74. The first-order valence-electron chi connectivity index (χ1n) is 6.19. The van der Waals surface area contributed by atoms with Gasteiger partial charge in [0, 0.05) is 18.1 Å². The molecule has 0 bridgehead atoms. The summed E-state index contributed by atoms with van der Waals surface area (Å²) in [6.07, 6.45) is 7.03. The molecule has 2 nitrogen and oxygen atoms in total. The lowest BCUT2D eigenvalue weighted by molar-refractivity contribution is 0.108. The fraction of sp³-hybridized carbons (Fsp3) is 1.00. The van der Waals surface area contributed by atoms with Crippen LogP contribution in [0.5, 0.6) is 0 Å². The molecule has 1 saturated carbocycles. The minimum atomic E-state index is 0.528. The molecule has 2 aliphatic rings. The molecule has 0 aromatic rings. The van der Waals surface area contributed by atoms with Crippen LogP contribution in [0.4, 0.5) is 0 Å². The Labute approximate surface area is 88.1 Å². The third-order valence-corrected chi connectivity index (χ3v) is 4.04. The highest BCUT2D eigenvalue weighted by atomic mass is 15.2. The van der Waals surface area contributed by atoms with E-state index in [9.17, 15) is 0 Å². The van der Waals surface area contributed by atoms with Crippen molar-refractivity contribution in [2.45, 2.75) is 57.5 Å². The summed E-state index contributed by atoms with van der Waals surface area (Å²) in [5, 5.41) is 3.57. The maximum Gasteiger partial charge on any atom is 0.0182 e. The van der Waals surface area contributed by atoms with Crippen LogP contribution in [0.1, 0.15) is 46.0 Å². The molecule has 1 aliphatic carbocycles. The van der Waals surface area contributed by atoms with Crippen LogP contribution < -0.4 is 5.32 Å². The van der Waals surface area contributed by atoms with Crippen LogP contribution in [-0.4, -0.2) is 36.1 Å². The lowest BCUT2D eigenvalue weighted by atomic mass is 9.97. The van der Waals surface area contributed by atoms with Crippen molar-refractivity contribution in [3.8, 4) is 0 Å². The number of hydrogen-bond acceptors (Lipinski definition) is 2. The fourth-order valence-electron chi connectivity index (χ4n) is 3.05. The molecule has 1 unspecified atom stereocenters. The predicted molar refractivity (Wildman–Crippen MR) is 60.5 cm³/mol. The van der Waals surface area contributed by atoms with Crippen LogP contribution >= 0.6 is 0 Å². The summed E-state index contributed by atoms with van der Waals surface area (Å²) in [7, 11) is 0. The van der Waals surface area contributed by atoms with E-state index in [-0.39, 0.29) is 0 Å². The molecule has 0 aromatic heterocycles. The fourth-order valence-corrected chi connectivity index (χ4v) is 3.05. The molecule has 2 heteroatoms. The quantitative estimate of drug-likeness (QED) is 0.690. The second kappa shape index (κ2) is 4.19. The minimum Gasteiger partial charge on any atom is -0.313 e. The first-order chi connectivity index (χ1) is 6.71. The van der Waals surface area contributed by atoms with Crippen molar-refractivity contribution in [1.29, 1.82) is 0 Å². The molecule has 0 radical (unpaired) electrons. The lowest BCUT2D eigenvalue weighted by Gasteiger charge is -2.38. The predicted octanol–water partition coefficient (Wildman–Crippen LogP) is 2.00. The smallest absolute Gasteiger partial charge is 0.0182 e. The first-order valence-corrected chi connectivity index (χ1v) is 6.19. The van der Waals surface area contributed by atoms with Crippen LogP contribution in [-0.2, 0) is 0 Å². The monoisotopic (exact) mass is 196 g/mol. The van der Waals surface area contributed by atoms with Crippen molar-refractivity contribution in [3.05, 3.63) is 0 Å². The second-order valence-electron chi connectivity index (χ2n) is 5.36. The highest BCUT2D eigenvalue weighted by molar-refractivity contribution is 4.92. The average Bonchev–Trinajstić information content (AvgIpc) is 2.47. The maximum absolute atomic E-state index is 3.57. The zero-order valence-electron chi connectivity index (χ0n) is 9.68. The van der Waals surface area contributed by atoms with Crippen molar-refractivity contribution in [2.75, 3.05) is 19.6 Å². The summed E-state index contributed by atoms with van der Waals surface area (Å²) in [5.74, 6) is 0. The summed E-state index contributed by atoms with van der Waals surface area (Å²) in [6, 6.07) is 0.676. The standard InChI is InChI=1S/C12H24N2/c1-11-10-14(9-5-8-13-11)12(2)6-3-4-7-12/h11,13H,3-10H2,1-2H3. The second-order valence-corrected chi connectivity index (χ2v) is 5.36. The van der Waals surface area contributed by atoms with Gasteiger partial charge in [0.25, 0.3) is 0 Å². The molecule has 1 saturated heterocycles. The Morgan fingerprint density at radius 1 is 1.21 bits per heavy atom. The molecule has 1 N–H and O–H groups in total. The van der Waals surface area contributed by atoms with Crippen molar-refractivity contribution in [3.63, 3.8) is 0 Å². The summed E-state index contributed by atoms with van der Waals surface area (Å²) in [5.41, 5.74) is 0.528. The van der Waals surface area contributed by atoms with Crippen LogP contribution in [0.15, 0.2) is 0 Å². The van der Waals surface area contributed by atoms with Crippen LogP contribution in [0.25, 0.3) is 0 Å². The van der Waals surface area contributed by atoms with Gasteiger partial charge < -0.3 is 5.32 Å². The van der Waals surface area contributed by atoms with Crippen LogP contribution in [0, 0.1) is 0 Å². The van der Waals surface area contributed by atoms with E-state index in [1.54, 1.807) is 0 Å². The van der Waals surface area contributed by atoms with Gasteiger partial charge in [0.2, 0.25) is 0 Å². The molecule has 2 rings (SSSR count). The van der Waals surface area contributed by atoms with Crippen molar-refractivity contribution in [2.24, 2.45) is 0 Å². The van der Waals surface area contributed by atoms with E-state index in [1.807, 2.05) is 0 Å². The largest absolute Gasteiger partial charge is 0.313 e. The van der Waals surface area contributed by atoms with Crippen molar-refractivity contribution >= 4 is 0 Å². The van der Waals surface area contributed by atoms with Gasteiger partial charge in [-0.2, -0.15) is 0 Å². The molecule has 1 aliphatic heterocycles. The summed E-state index contributed by atoms with van der Waals surface area (Å²) >= 11 is 0. The topological polar surface area (TPSA) is 15.3 Å². The Bertz CT molecular complexity index is 185. The molecule has 0 aromatic carbocycles. The van der Waals surface area contributed by atoms with Gasteiger partial charge in [0.1, 0.15) is 0 Å². The molecule has 1 atom stereocenters. The van der Waals surface area contributed by atoms with Crippen molar-refractivity contribution in [1.82, 2.24) is 10.2 Å². The lowest BCUT2D eigenvalue weighted by Crippen LogP contribution is -2.48. The Morgan fingerprint density at radius 2 is 1.93 bits per heavy atom. The minimum absolute atomic E-state index is 0.528. The van der Waals surface area contributed by atoms with E-state index < -0.39 is 0 Å². The van der Waals surface area contributed by atoms with Gasteiger partial charge in [-0.15, -0.1) is 0 Å². The van der Waals surface area contributed by atoms with Gasteiger partial charge in [-0.3, -0.25) is 4.90 Å². The summed E-state index contributed by atoms with van der Waals surface area (Å²) < 4.78 is 0. The third-order valence-electron chi connectivity index (χ3n) is 4.04.